The highest BCUT2D eigenvalue weighted by molar-refractivity contribution is 6.01. The van der Waals surface area contributed by atoms with Crippen LogP contribution >= 0.6 is 0 Å². The molecule has 2 heterocycles. The minimum absolute atomic E-state index is 0.0333. The van der Waals surface area contributed by atoms with Crippen LogP contribution in [0.15, 0.2) is 60.7 Å². The van der Waals surface area contributed by atoms with Gasteiger partial charge in [-0.25, -0.2) is 4.98 Å². The van der Waals surface area contributed by atoms with E-state index in [2.05, 4.69) is 4.98 Å². The fourth-order valence-corrected chi connectivity index (χ4v) is 3.96. The number of aliphatic carboxylic acids is 1. The van der Waals surface area contributed by atoms with E-state index in [0.717, 1.165) is 22.3 Å². The number of anilines is 1. The van der Waals surface area contributed by atoms with E-state index < -0.39 is 17.9 Å². The molecule has 0 spiro atoms. The maximum atomic E-state index is 12.9. The van der Waals surface area contributed by atoms with Gasteiger partial charge in [-0.05, 0) is 47.4 Å². The lowest BCUT2D eigenvalue weighted by molar-refractivity contribution is -0.137. The zero-order chi connectivity index (χ0) is 22.8. The van der Waals surface area contributed by atoms with Crippen molar-refractivity contribution in [1.29, 1.82) is 0 Å². The largest absolute Gasteiger partial charge is 0.481 e. The van der Waals surface area contributed by atoms with Crippen molar-refractivity contribution < 1.29 is 19.5 Å². The van der Waals surface area contributed by atoms with Crippen LogP contribution in [-0.2, 0) is 16.1 Å². The molecular weight excluding hydrogens is 408 g/mol. The summed E-state index contributed by atoms with van der Waals surface area (Å²) in [6, 6.07) is 17.9. The Morgan fingerprint density at radius 1 is 1.03 bits per heavy atom. The summed E-state index contributed by atoms with van der Waals surface area (Å²) < 4.78 is 0. The lowest BCUT2D eigenvalue weighted by atomic mass is 10.0. The van der Waals surface area contributed by atoms with Crippen LogP contribution in [0.1, 0.15) is 28.8 Å². The highest BCUT2D eigenvalue weighted by atomic mass is 16.4. The first-order chi connectivity index (χ1) is 15.3. The number of aromatic nitrogens is 1. The molecule has 0 radical (unpaired) electrons. The van der Waals surface area contributed by atoms with Crippen LogP contribution in [0.4, 0.5) is 5.82 Å². The summed E-state index contributed by atoms with van der Waals surface area (Å²) in [7, 11) is 0. The minimum Gasteiger partial charge on any atom is -0.481 e. The van der Waals surface area contributed by atoms with Gasteiger partial charge in [0.2, 0.25) is 5.91 Å². The Balaban J connectivity index is 1.65. The number of nitrogens with zero attached hydrogens (tertiary/aromatic N) is 2. The first-order valence-corrected chi connectivity index (χ1v) is 10.1. The zero-order valence-electron chi connectivity index (χ0n) is 17.2. The van der Waals surface area contributed by atoms with Crippen LogP contribution in [0.3, 0.4) is 0 Å². The Morgan fingerprint density at radius 2 is 1.78 bits per heavy atom. The number of carbonyl (C=O) groups is 3. The quantitative estimate of drug-likeness (QED) is 0.526. The summed E-state index contributed by atoms with van der Waals surface area (Å²) in [6.07, 6.45) is -0.289. The summed E-state index contributed by atoms with van der Waals surface area (Å²) in [5.74, 6) is -1.74. The molecule has 0 saturated carbocycles. The molecule has 4 rings (SSSR count). The van der Waals surface area contributed by atoms with Crippen molar-refractivity contribution in [3.8, 4) is 22.4 Å². The lowest BCUT2D eigenvalue weighted by Gasteiger charge is -2.24. The van der Waals surface area contributed by atoms with E-state index in [1.165, 1.54) is 4.90 Å². The summed E-state index contributed by atoms with van der Waals surface area (Å²) in [5, 5.41) is 8.94. The number of carboxylic acid groups (broad SMARTS) is 1. The van der Waals surface area contributed by atoms with Crippen LogP contribution in [0.2, 0.25) is 0 Å². The molecule has 0 aliphatic carbocycles. The van der Waals surface area contributed by atoms with Gasteiger partial charge in [-0.3, -0.25) is 14.4 Å². The molecule has 1 aliphatic rings. The number of carboxylic acids is 1. The Hall–Kier alpha value is -4.20. The standard InChI is InChI=1S/C24H22N4O4/c25-21-12-16(14-4-2-1-3-5-14)11-19(27-21)15-6-7-18-17(10-15)13-28(24(18)32)20(23(26)31)8-9-22(29)30/h1-7,10-12,20H,8-9,13H2,(H2,25,27)(H2,26,31)(H,29,30). The third kappa shape index (κ3) is 4.15. The Bertz CT molecular complexity index is 1210. The molecule has 8 nitrogen and oxygen atoms in total. The van der Waals surface area contributed by atoms with Gasteiger partial charge in [0, 0.05) is 24.1 Å². The van der Waals surface area contributed by atoms with Crippen molar-refractivity contribution >= 4 is 23.6 Å². The smallest absolute Gasteiger partial charge is 0.303 e. The van der Waals surface area contributed by atoms with Gasteiger partial charge in [0.25, 0.3) is 5.91 Å². The zero-order valence-corrected chi connectivity index (χ0v) is 17.2. The monoisotopic (exact) mass is 430 g/mol. The van der Waals surface area contributed by atoms with Crippen molar-refractivity contribution in [2.75, 3.05) is 5.73 Å². The molecule has 8 heteroatoms. The number of rotatable bonds is 7. The Morgan fingerprint density at radius 3 is 2.47 bits per heavy atom. The second kappa shape index (κ2) is 8.50. The second-order valence-electron chi connectivity index (χ2n) is 7.69. The van der Waals surface area contributed by atoms with E-state index in [0.29, 0.717) is 17.1 Å². The molecule has 1 aromatic heterocycles. The predicted molar refractivity (Wildman–Crippen MR) is 119 cm³/mol. The van der Waals surface area contributed by atoms with Gasteiger partial charge in [0.05, 0.1) is 5.69 Å². The summed E-state index contributed by atoms with van der Waals surface area (Å²) in [4.78, 5) is 41.5. The average molecular weight is 430 g/mol. The summed E-state index contributed by atoms with van der Waals surface area (Å²) in [6.45, 7) is 0.170. The molecule has 1 atom stereocenters. The highest BCUT2D eigenvalue weighted by Gasteiger charge is 2.35. The van der Waals surface area contributed by atoms with Gasteiger partial charge in [0.15, 0.2) is 0 Å². The number of fused-ring (bicyclic) bond motifs is 1. The molecule has 0 saturated heterocycles. The fourth-order valence-electron chi connectivity index (χ4n) is 3.96. The molecular formula is C24H22N4O4. The Labute approximate surface area is 184 Å². The van der Waals surface area contributed by atoms with E-state index >= 15 is 0 Å². The van der Waals surface area contributed by atoms with Crippen LogP contribution in [-0.4, -0.2) is 38.8 Å². The van der Waals surface area contributed by atoms with Gasteiger partial charge in [-0.2, -0.15) is 0 Å². The van der Waals surface area contributed by atoms with E-state index in [1.54, 1.807) is 18.2 Å². The molecule has 32 heavy (non-hydrogen) atoms. The third-order valence-corrected chi connectivity index (χ3v) is 5.52. The van der Waals surface area contributed by atoms with E-state index in [4.69, 9.17) is 16.6 Å². The molecule has 5 N–H and O–H groups in total. The first-order valence-electron chi connectivity index (χ1n) is 10.1. The number of nitrogen functional groups attached to an aromatic ring is 1. The highest BCUT2D eigenvalue weighted by Crippen LogP contribution is 2.32. The predicted octanol–water partition coefficient (Wildman–Crippen LogP) is 2.67. The lowest BCUT2D eigenvalue weighted by Crippen LogP contribution is -2.45. The number of amides is 2. The van der Waals surface area contributed by atoms with Crippen molar-refractivity contribution in [1.82, 2.24) is 9.88 Å². The third-order valence-electron chi connectivity index (χ3n) is 5.52. The molecule has 0 bridgehead atoms. The van der Waals surface area contributed by atoms with E-state index in [-0.39, 0.29) is 25.3 Å². The Kier molecular flexibility index (Phi) is 5.59. The van der Waals surface area contributed by atoms with Crippen LogP contribution in [0.5, 0.6) is 0 Å². The SMILES string of the molecule is NC(=O)C(CCC(=O)O)N1Cc2cc(-c3cc(-c4ccccc4)cc(N)n3)ccc2C1=O. The molecule has 1 unspecified atom stereocenters. The van der Waals surface area contributed by atoms with Gasteiger partial charge < -0.3 is 21.5 Å². The maximum absolute atomic E-state index is 12.9. The molecule has 2 amide bonds. The van der Waals surface area contributed by atoms with Crippen molar-refractivity contribution in [2.24, 2.45) is 5.73 Å². The number of pyridine rings is 1. The van der Waals surface area contributed by atoms with Gasteiger partial charge >= 0.3 is 5.97 Å². The van der Waals surface area contributed by atoms with E-state index in [9.17, 15) is 14.4 Å². The number of hydrogen-bond acceptors (Lipinski definition) is 5. The van der Waals surface area contributed by atoms with Crippen molar-refractivity contribution in [2.45, 2.75) is 25.4 Å². The number of benzene rings is 2. The molecule has 3 aromatic rings. The maximum Gasteiger partial charge on any atom is 0.303 e. The molecule has 1 aliphatic heterocycles. The first kappa shape index (κ1) is 21.0. The number of nitrogens with two attached hydrogens (primary N) is 2. The topological polar surface area (TPSA) is 140 Å². The normalized spacial score (nSPS) is 13.6. The number of carbonyl (C=O) groups excluding carboxylic acids is 2. The van der Waals surface area contributed by atoms with Crippen LogP contribution < -0.4 is 11.5 Å². The summed E-state index contributed by atoms with van der Waals surface area (Å²) in [5.41, 5.74) is 16.1. The van der Waals surface area contributed by atoms with Gasteiger partial charge in [0.1, 0.15) is 11.9 Å². The van der Waals surface area contributed by atoms with Gasteiger partial charge in [-0.1, -0.05) is 36.4 Å². The summed E-state index contributed by atoms with van der Waals surface area (Å²) >= 11 is 0. The van der Waals surface area contributed by atoms with Crippen LogP contribution in [0, 0.1) is 0 Å². The van der Waals surface area contributed by atoms with E-state index in [1.807, 2.05) is 42.5 Å². The van der Waals surface area contributed by atoms with Crippen molar-refractivity contribution in [3.63, 3.8) is 0 Å². The van der Waals surface area contributed by atoms with Crippen LogP contribution in [0.25, 0.3) is 22.4 Å². The van der Waals surface area contributed by atoms with Crippen molar-refractivity contribution in [3.05, 3.63) is 71.8 Å². The van der Waals surface area contributed by atoms with Gasteiger partial charge in [-0.15, -0.1) is 0 Å². The second-order valence-corrected chi connectivity index (χ2v) is 7.69. The average Bonchev–Trinajstić information content (AvgIpc) is 3.09. The number of primary amides is 1. The molecule has 0 fully saturated rings. The molecule has 162 valence electrons. The molecule has 2 aromatic carbocycles. The fraction of sp³-hybridized carbons (Fsp3) is 0.167. The minimum atomic E-state index is -1.05. The number of hydrogen-bond donors (Lipinski definition) is 3.